The Kier molecular flexibility index (Phi) is 7.31. The van der Waals surface area contributed by atoms with Crippen molar-refractivity contribution in [2.75, 3.05) is 7.11 Å². The van der Waals surface area contributed by atoms with Crippen molar-refractivity contribution in [2.24, 2.45) is 4.99 Å². The SMILES string of the molecule is COc1cc(C=Nc2cccc(Cl)c2C)cc(Cl)c1OCc1ccc(Cl)cc1Cl. The molecule has 0 fully saturated rings. The molecule has 150 valence electrons. The highest BCUT2D eigenvalue weighted by Crippen LogP contribution is 2.37. The Morgan fingerprint density at radius 1 is 0.931 bits per heavy atom. The summed E-state index contributed by atoms with van der Waals surface area (Å²) in [6.07, 6.45) is 1.70. The van der Waals surface area contributed by atoms with Crippen LogP contribution in [0.5, 0.6) is 11.5 Å². The van der Waals surface area contributed by atoms with Gasteiger partial charge < -0.3 is 9.47 Å². The van der Waals surface area contributed by atoms with Crippen LogP contribution in [0.4, 0.5) is 5.69 Å². The number of halogens is 4. The predicted molar refractivity (Wildman–Crippen MR) is 122 cm³/mol. The molecule has 0 amide bonds. The minimum atomic E-state index is 0.223. The van der Waals surface area contributed by atoms with Crippen LogP contribution >= 0.6 is 46.4 Å². The molecule has 0 unspecified atom stereocenters. The predicted octanol–water partition coefficient (Wildman–Crippen LogP) is 7.95. The maximum absolute atomic E-state index is 6.44. The van der Waals surface area contributed by atoms with Gasteiger partial charge in [-0.1, -0.05) is 58.5 Å². The van der Waals surface area contributed by atoms with E-state index in [1.807, 2.05) is 25.1 Å². The Morgan fingerprint density at radius 2 is 1.72 bits per heavy atom. The van der Waals surface area contributed by atoms with Gasteiger partial charge in [0.1, 0.15) is 6.61 Å². The molecule has 0 aliphatic carbocycles. The molecular formula is C22H17Cl4NO2. The van der Waals surface area contributed by atoms with E-state index in [1.165, 1.54) is 0 Å². The first-order chi connectivity index (χ1) is 13.9. The molecule has 7 heteroatoms. The smallest absolute Gasteiger partial charge is 0.180 e. The minimum absolute atomic E-state index is 0.223. The van der Waals surface area contributed by atoms with E-state index in [4.69, 9.17) is 55.9 Å². The van der Waals surface area contributed by atoms with Gasteiger partial charge in [0.2, 0.25) is 0 Å². The average molecular weight is 469 g/mol. The molecule has 0 N–H and O–H groups in total. The van der Waals surface area contributed by atoms with Crippen molar-refractivity contribution in [3.8, 4) is 11.5 Å². The molecule has 0 saturated carbocycles. The molecule has 0 heterocycles. The summed E-state index contributed by atoms with van der Waals surface area (Å²) in [7, 11) is 1.55. The monoisotopic (exact) mass is 467 g/mol. The third-order valence-corrected chi connectivity index (χ3v) is 5.51. The number of methoxy groups -OCH3 is 1. The van der Waals surface area contributed by atoms with Crippen LogP contribution in [0.2, 0.25) is 20.1 Å². The Bertz CT molecular complexity index is 1070. The summed E-state index contributed by atoms with van der Waals surface area (Å²) < 4.78 is 11.3. The van der Waals surface area contributed by atoms with Crippen LogP contribution in [-0.2, 0) is 6.61 Å². The zero-order valence-electron chi connectivity index (χ0n) is 15.7. The molecule has 29 heavy (non-hydrogen) atoms. The van der Waals surface area contributed by atoms with E-state index in [0.29, 0.717) is 31.6 Å². The molecule has 3 aromatic rings. The Labute approximate surface area is 189 Å². The molecule has 0 aliphatic heterocycles. The van der Waals surface area contributed by atoms with E-state index >= 15 is 0 Å². The van der Waals surface area contributed by atoms with Crippen LogP contribution in [0.1, 0.15) is 16.7 Å². The first-order valence-electron chi connectivity index (χ1n) is 8.62. The molecule has 0 aliphatic rings. The van der Waals surface area contributed by atoms with Gasteiger partial charge >= 0.3 is 0 Å². The molecule has 0 radical (unpaired) electrons. The lowest BCUT2D eigenvalue weighted by atomic mass is 10.2. The van der Waals surface area contributed by atoms with Gasteiger partial charge in [-0.25, -0.2) is 0 Å². The topological polar surface area (TPSA) is 30.8 Å². The van der Waals surface area contributed by atoms with Crippen LogP contribution in [-0.4, -0.2) is 13.3 Å². The third-order valence-electron chi connectivity index (χ3n) is 4.23. The normalized spacial score (nSPS) is 11.1. The van der Waals surface area contributed by atoms with E-state index < -0.39 is 0 Å². The number of nitrogens with zero attached hydrogens (tertiary/aromatic N) is 1. The number of ether oxygens (including phenoxy) is 2. The minimum Gasteiger partial charge on any atom is -0.493 e. The van der Waals surface area contributed by atoms with Gasteiger partial charge in [0, 0.05) is 26.8 Å². The molecule has 0 spiro atoms. The summed E-state index contributed by atoms with van der Waals surface area (Å²) in [5, 5.41) is 2.15. The first kappa shape index (κ1) is 21.8. The lowest BCUT2D eigenvalue weighted by molar-refractivity contribution is 0.285. The summed E-state index contributed by atoms with van der Waals surface area (Å²) in [4.78, 5) is 4.50. The van der Waals surface area contributed by atoms with Gasteiger partial charge in [0.25, 0.3) is 0 Å². The molecule has 0 atom stereocenters. The maximum atomic E-state index is 6.44. The van der Waals surface area contributed by atoms with Crippen LogP contribution in [0.25, 0.3) is 0 Å². The van der Waals surface area contributed by atoms with Gasteiger partial charge in [-0.15, -0.1) is 0 Å². The fourth-order valence-electron chi connectivity index (χ4n) is 2.62. The second-order valence-corrected chi connectivity index (χ2v) is 7.86. The third kappa shape index (κ3) is 5.37. The number of rotatable bonds is 6. The molecule has 0 aromatic heterocycles. The summed E-state index contributed by atoms with van der Waals surface area (Å²) in [6, 6.07) is 14.4. The van der Waals surface area contributed by atoms with Crippen molar-refractivity contribution in [1.29, 1.82) is 0 Å². The van der Waals surface area contributed by atoms with Gasteiger partial charge in [-0.3, -0.25) is 4.99 Å². The summed E-state index contributed by atoms with van der Waals surface area (Å²) in [5.41, 5.74) is 3.24. The Morgan fingerprint density at radius 3 is 2.45 bits per heavy atom. The fourth-order valence-corrected chi connectivity index (χ4v) is 3.53. The summed E-state index contributed by atoms with van der Waals surface area (Å²) in [5.74, 6) is 0.920. The van der Waals surface area contributed by atoms with Crippen molar-refractivity contribution in [1.82, 2.24) is 0 Å². The summed E-state index contributed by atoms with van der Waals surface area (Å²) >= 11 is 24.7. The Balaban J connectivity index is 1.83. The molecular weight excluding hydrogens is 452 g/mol. The molecule has 0 saturated heterocycles. The van der Waals surface area contributed by atoms with E-state index in [9.17, 15) is 0 Å². The van der Waals surface area contributed by atoms with Crippen molar-refractivity contribution < 1.29 is 9.47 Å². The standard InChI is InChI=1S/C22H17Cl4NO2/c1-13-17(24)4-3-5-20(13)27-11-14-8-19(26)22(21(9-14)28-2)29-12-15-6-7-16(23)10-18(15)25/h3-11H,12H2,1-2H3. The quantitative estimate of drug-likeness (QED) is 0.343. The maximum Gasteiger partial charge on any atom is 0.180 e. The van der Waals surface area contributed by atoms with Crippen molar-refractivity contribution >= 4 is 58.3 Å². The summed E-state index contributed by atoms with van der Waals surface area (Å²) in [6.45, 7) is 2.14. The van der Waals surface area contributed by atoms with E-state index in [2.05, 4.69) is 4.99 Å². The van der Waals surface area contributed by atoms with Gasteiger partial charge in [-0.2, -0.15) is 0 Å². The van der Waals surface area contributed by atoms with Crippen molar-refractivity contribution in [3.63, 3.8) is 0 Å². The molecule has 0 bridgehead atoms. The molecule has 3 aromatic carbocycles. The molecule has 3 rings (SSSR count). The second-order valence-electron chi connectivity index (χ2n) is 6.20. The van der Waals surface area contributed by atoms with Gasteiger partial charge in [0.05, 0.1) is 17.8 Å². The van der Waals surface area contributed by atoms with Crippen LogP contribution in [0.15, 0.2) is 53.5 Å². The number of aliphatic imine (C=N–C) groups is 1. The lowest BCUT2D eigenvalue weighted by Gasteiger charge is -2.14. The fraction of sp³-hybridized carbons (Fsp3) is 0.136. The largest absolute Gasteiger partial charge is 0.493 e. The number of benzene rings is 3. The average Bonchev–Trinajstić information content (AvgIpc) is 2.69. The van der Waals surface area contributed by atoms with E-state index in [-0.39, 0.29) is 6.61 Å². The number of hydrogen-bond acceptors (Lipinski definition) is 3. The molecule has 3 nitrogen and oxygen atoms in total. The Hall–Kier alpha value is -1.91. The van der Waals surface area contributed by atoms with E-state index in [0.717, 1.165) is 22.4 Å². The highest BCUT2D eigenvalue weighted by molar-refractivity contribution is 6.35. The lowest BCUT2D eigenvalue weighted by Crippen LogP contribution is -2.00. The highest BCUT2D eigenvalue weighted by Gasteiger charge is 2.13. The zero-order valence-corrected chi connectivity index (χ0v) is 18.7. The zero-order chi connectivity index (χ0) is 21.0. The van der Waals surface area contributed by atoms with Crippen LogP contribution in [0, 0.1) is 6.92 Å². The van der Waals surface area contributed by atoms with E-state index in [1.54, 1.807) is 43.7 Å². The highest BCUT2D eigenvalue weighted by atomic mass is 35.5. The van der Waals surface area contributed by atoms with Gasteiger partial charge in [0.15, 0.2) is 11.5 Å². The van der Waals surface area contributed by atoms with Crippen LogP contribution in [0.3, 0.4) is 0 Å². The van der Waals surface area contributed by atoms with Crippen LogP contribution < -0.4 is 9.47 Å². The first-order valence-corrected chi connectivity index (χ1v) is 10.1. The van der Waals surface area contributed by atoms with Crippen molar-refractivity contribution in [2.45, 2.75) is 13.5 Å². The van der Waals surface area contributed by atoms with Gasteiger partial charge in [-0.05, 0) is 54.4 Å². The number of hydrogen-bond donors (Lipinski definition) is 0. The van der Waals surface area contributed by atoms with Crippen molar-refractivity contribution in [3.05, 3.63) is 85.3 Å². The second kappa shape index (κ2) is 9.73.